The number of amides is 2. The number of hydrogen-bond acceptors (Lipinski definition) is 4. The molecule has 3 atom stereocenters. The second-order valence-electron chi connectivity index (χ2n) is 4.97. The average Bonchev–Trinajstić information content (AvgIpc) is 2.80. The lowest BCUT2D eigenvalue weighted by Gasteiger charge is -2.28. The number of aliphatic carboxylic acids is 1. The molecular weight excluding hydrogens is 280 g/mol. The number of methoxy groups -OCH3 is 1. The maximum atomic E-state index is 12.3. The molecule has 20 heavy (non-hydrogen) atoms. The molecule has 3 unspecified atom stereocenters. The lowest BCUT2D eigenvalue weighted by Crippen LogP contribution is -2.52. The Morgan fingerprint density at radius 3 is 2.80 bits per heavy atom. The highest BCUT2D eigenvalue weighted by Crippen LogP contribution is 2.32. The molecule has 0 aliphatic carbocycles. The molecule has 1 saturated heterocycles. The Bertz CT molecular complexity index is 340. The van der Waals surface area contributed by atoms with Crippen LogP contribution < -0.4 is 5.32 Å². The summed E-state index contributed by atoms with van der Waals surface area (Å²) in [5.74, 6) is -0.476. The number of carboxylic acids is 1. The number of hydrogen-bond donors (Lipinski definition) is 2. The Hall–Kier alpha value is -0.950. The topological polar surface area (TPSA) is 78.9 Å². The van der Waals surface area contributed by atoms with Gasteiger partial charge in [0.05, 0.1) is 5.37 Å². The van der Waals surface area contributed by atoms with Crippen LogP contribution in [-0.4, -0.2) is 58.9 Å². The van der Waals surface area contributed by atoms with Crippen molar-refractivity contribution in [1.29, 1.82) is 0 Å². The van der Waals surface area contributed by atoms with Crippen LogP contribution in [0.3, 0.4) is 0 Å². The molecule has 0 spiro atoms. The smallest absolute Gasteiger partial charge is 0.327 e. The number of carbonyl (C=O) groups excluding carboxylic acids is 1. The SMILES string of the molecule is CCCC1SCC(C(=O)O)N1C(=O)NC(C)CCOC. The molecule has 0 aromatic carbocycles. The van der Waals surface area contributed by atoms with Crippen molar-refractivity contribution in [3.05, 3.63) is 0 Å². The summed E-state index contributed by atoms with van der Waals surface area (Å²) in [4.78, 5) is 25.1. The van der Waals surface area contributed by atoms with Crippen molar-refractivity contribution in [3.8, 4) is 0 Å². The summed E-state index contributed by atoms with van der Waals surface area (Å²) >= 11 is 1.54. The first-order valence-electron chi connectivity index (χ1n) is 6.93. The predicted molar refractivity (Wildman–Crippen MR) is 78.9 cm³/mol. The third-order valence-electron chi connectivity index (χ3n) is 3.27. The monoisotopic (exact) mass is 304 g/mol. The minimum absolute atomic E-state index is 0.0372. The van der Waals surface area contributed by atoms with Gasteiger partial charge in [-0.1, -0.05) is 13.3 Å². The Kier molecular flexibility index (Phi) is 7.15. The molecule has 0 aromatic heterocycles. The van der Waals surface area contributed by atoms with Crippen LogP contribution in [0.5, 0.6) is 0 Å². The van der Waals surface area contributed by atoms with Gasteiger partial charge in [0.1, 0.15) is 6.04 Å². The van der Waals surface area contributed by atoms with Crippen LogP contribution in [0.4, 0.5) is 4.79 Å². The van der Waals surface area contributed by atoms with E-state index in [2.05, 4.69) is 5.32 Å². The van der Waals surface area contributed by atoms with Crippen LogP contribution in [0.1, 0.15) is 33.1 Å². The summed E-state index contributed by atoms with van der Waals surface area (Å²) in [5.41, 5.74) is 0. The molecule has 1 fully saturated rings. The maximum Gasteiger partial charge on any atom is 0.327 e. The quantitative estimate of drug-likeness (QED) is 0.749. The highest BCUT2D eigenvalue weighted by molar-refractivity contribution is 8.00. The van der Waals surface area contributed by atoms with Gasteiger partial charge in [-0.05, 0) is 19.8 Å². The van der Waals surface area contributed by atoms with Gasteiger partial charge >= 0.3 is 12.0 Å². The van der Waals surface area contributed by atoms with Crippen LogP contribution in [0, 0.1) is 0 Å². The number of ether oxygens (including phenoxy) is 1. The van der Waals surface area contributed by atoms with Gasteiger partial charge in [0, 0.05) is 25.5 Å². The van der Waals surface area contributed by atoms with Gasteiger partial charge in [0.15, 0.2) is 0 Å². The normalized spacial score (nSPS) is 23.6. The zero-order valence-electron chi connectivity index (χ0n) is 12.3. The highest BCUT2D eigenvalue weighted by Gasteiger charge is 2.41. The van der Waals surface area contributed by atoms with E-state index in [4.69, 9.17) is 4.74 Å². The molecule has 6 nitrogen and oxygen atoms in total. The molecule has 0 aromatic rings. The summed E-state index contributed by atoms with van der Waals surface area (Å²) in [5, 5.41) is 12.1. The fourth-order valence-electron chi connectivity index (χ4n) is 2.15. The molecule has 116 valence electrons. The molecule has 0 saturated carbocycles. The van der Waals surface area contributed by atoms with Crippen LogP contribution in [0.2, 0.25) is 0 Å². The van der Waals surface area contributed by atoms with E-state index in [9.17, 15) is 14.7 Å². The zero-order valence-corrected chi connectivity index (χ0v) is 13.1. The van der Waals surface area contributed by atoms with Gasteiger partial charge in [-0.3, -0.25) is 4.90 Å². The van der Waals surface area contributed by atoms with Gasteiger partial charge in [0.2, 0.25) is 0 Å². The van der Waals surface area contributed by atoms with E-state index in [1.807, 2.05) is 13.8 Å². The number of thioether (sulfide) groups is 1. The van der Waals surface area contributed by atoms with E-state index in [0.29, 0.717) is 18.8 Å². The Morgan fingerprint density at radius 2 is 2.25 bits per heavy atom. The van der Waals surface area contributed by atoms with Crippen LogP contribution in [-0.2, 0) is 9.53 Å². The van der Waals surface area contributed by atoms with Crippen LogP contribution >= 0.6 is 11.8 Å². The van der Waals surface area contributed by atoms with Gasteiger partial charge in [0.25, 0.3) is 0 Å². The molecule has 2 N–H and O–H groups in total. The van der Waals surface area contributed by atoms with Gasteiger partial charge in [-0.15, -0.1) is 11.8 Å². The first kappa shape index (κ1) is 17.1. The van der Waals surface area contributed by atoms with Crippen molar-refractivity contribution >= 4 is 23.8 Å². The second-order valence-corrected chi connectivity index (χ2v) is 6.18. The third kappa shape index (κ3) is 4.56. The second kappa shape index (κ2) is 8.36. The predicted octanol–water partition coefficient (Wildman–Crippen LogP) is 1.75. The third-order valence-corrected chi connectivity index (χ3v) is 4.63. The molecule has 0 bridgehead atoms. The number of carbonyl (C=O) groups is 2. The molecule has 1 aliphatic rings. The first-order chi connectivity index (χ1) is 9.51. The van der Waals surface area contributed by atoms with Crippen molar-refractivity contribution < 1.29 is 19.4 Å². The Balaban J connectivity index is 2.66. The van der Waals surface area contributed by atoms with E-state index in [1.165, 1.54) is 4.90 Å². The van der Waals surface area contributed by atoms with Gasteiger partial charge in [-0.2, -0.15) is 0 Å². The first-order valence-corrected chi connectivity index (χ1v) is 7.98. The summed E-state index contributed by atoms with van der Waals surface area (Å²) < 4.78 is 4.98. The number of nitrogens with one attached hydrogen (secondary N) is 1. The molecule has 7 heteroatoms. The van der Waals surface area contributed by atoms with Crippen molar-refractivity contribution in [3.63, 3.8) is 0 Å². The fourth-order valence-corrected chi connectivity index (χ4v) is 3.66. The zero-order chi connectivity index (χ0) is 15.1. The van der Waals surface area contributed by atoms with Crippen molar-refractivity contribution in [2.75, 3.05) is 19.5 Å². The van der Waals surface area contributed by atoms with E-state index in [1.54, 1.807) is 18.9 Å². The Labute approximate surface area is 124 Å². The summed E-state index contributed by atoms with van der Waals surface area (Å²) in [6.45, 7) is 4.49. The van der Waals surface area contributed by atoms with E-state index >= 15 is 0 Å². The fraction of sp³-hybridized carbons (Fsp3) is 0.846. The molecule has 1 aliphatic heterocycles. The summed E-state index contributed by atoms with van der Waals surface area (Å²) in [6.07, 6.45) is 2.45. The summed E-state index contributed by atoms with van der Waals surface area (Å²) in [6, 6.07) is -1.06. The van der Waals surface area contributed by atoms with Crippen LogP contribution in [0.15, 0.2) is 0 Å². The molecular formula is C13H24N2O4S. The standard InChI is InChI=1S/C13H24N2O4S/c1-4-5-11-15(10(8-20-11)12(16)17)13(18)14-9(2)6-7-19-3/h9-11H,4-8H2,1-3H3,(H,14,18)(H,16,17). The van der Waals surface area contributed by atoms with Crippen molar-refractivity contribution in [2.24, 2.45) is 0 Å². The van der Waals surface area contributed by atoms with E-state index in [0.717, 1.165) is 12.8 Å². The van der Waals surface area contributed by atoms with Crippen LogP contribution in [0.25, 0.3) is 0 Å². The lowest BCUT2D eigenvalue weighted by atomic mass is 10.2. The van der Waals surface area contributed by atoms with Gasteiger partial charge in [-0.25, -0.2) is 9.59 Å². The molecule has 1 rings (SSSR count). The average molecular weight is 304 g/mol. The minimum atomic E-state index is -0.934. The Morgan fingerprint density at radius 1 is 1.55 bits per heavy atom. The van der Waals surface area contributed by atoms with E-state index < -0.39 is 12.0 Å². The van der Waals surface area contributed by atoms with Crippen molar-refractivity contribution in [1.82, 2.24) is 10.2 Å². The maximum absolute atomic E-state index is 12.3. The number of nitrogens with zero attached hydrogens (tertiary/aromatic N) is 1. The number of rotatable bonds is 7. The van der Waals surface area contributed by atoms with Gasteiger partial charge < -0.3 is 15.2 Å². The number of urea groups is 1. The minimum Gasteiger partial charge on any atom is -0.480 e. The highest BCUT2D eigenvalue weighted by atomic mass is 32.2. The lowest BCUT2D eigenvalue weighted by molar-refractivity contribution is -0.141. The largest absolute Gasteiger partial charge is 0.480 e. The molecule has 2 amide bonds. The molecule has 1 heterocycles. The van der Waals surface area contributed by atoms with E-state index in [-0.39, 0.29) is 17.4 Å². The molecule has 0 radical (unpaired) electrons. The van der Waals surface area contributed by atoms with Crippen molar-refractivity contribution in [2.45, 2.75) is 50.6 Å². The summed E-state index contributed by atoms with van der Waals surface area (Å²) in [7, 11) is 1.61. The number of carboxylic acid groups (broad SMARTS) is 1.